The summed E-state index contributed by atoms with van der Waals surface area (Å²) in [5, 5.41) is 9.86. The third-order valence-electron chi connectivity index (χ3n) is 3.07. The van der Waals surface area contributed by atoms with Gasteiger partial charge in [-0.2, -0.15) is 0 Å². The number of ether oxygens (including phenoxy) is 1. The fraction of sp³-hybridized carbons (Fsp3) is 0.412. The lowest BCUT2D eigenvalue weighted by atomic mass is 10.2. The van der Waals surface area contributed by atoms with Crippen molar-refractivity contribution in [1.82, 2.24) is 0 Å². The fourth-order valence-corrected chi connectivity index (χ4v) is 1.85. The van der Waals surface area contributed by atoms with Gasteiger partial charge in [-0.1, -0.05) is 26.2 Å². The topological polar surface area (TPSA) is 76.7 Å². The monoisotopic (exact) mass is 306 g/mol. The molecule has 0 aliphatic rings. The van der Waals surface area contributed by atoms with Crippen molar-refractivity contribution in [2.75, 3.05) is 7.11 Å². The summed E-state index contributed by atoms with van der Waals surface area (Å²) in [6.45, 7) is 2.15. The van der Waals surface area contributed by atoms with Crippen molar-refractivity contribution < 1.29 is 19.1 Å². The summed E-state index contributed by atoms with van der Waals surface area (Å²) in [5.74, 6) is 0.00736. The minimum absolute atomic E-state index is 0.0869. The predicted molar refractivity (Wildman–Crippen MR) is 84.9 cm³/mol. The first-order chi connectivity index (χ1) is 10.6. The van der Waals surface area contributed by atoms with Crippen LogP contribution >= 0.6 is 0 Å². The number of benzene rings is 1. The molecular weight excluding hydrogens is 284 g/mol. The van der Waals surface area contributed by atoms with Crippen molar-refractivity contribution in [3.63, 3.8) is 0 Å². The average molecular weight is 306 g/mol. The number of esters is 1. The molecule has 0 atom stereocenters. The summed E-state index contributed by atoms with van der Waals surface area (Å²) in [7, 11) is 1.43. The van der Waals surface area contributed by atoms with Crippen molar-refractivity contribution in [3.8, 4) is 5.75 Å². The molecule has 0 saturated carbocycles. The molecule has 0 aliphatic heterocycles. The Hall–Kier alpha value is -2.30. The van der Waals surface area contributed by atoms with E-state index >= 15 is 0 Å². The molecule has 5 heteroatoms. The third-order valence-corrected chi connectivity index (χ3v) is 3.07. The lowest BCUT2D eigenvalue weighted by molar-refractivity contribution is -0.140. The molecule has 1 aromatic carbocycles. The van der Waals surface area contributed by atoms with E-state index in [2.05, 4.69) is 11.7 Å². The van der Waals surface area contributed by atoms with Gasteiger partial charge in [-0.25, -0.2) is 4.79 Å². The van der Waals surface area contributed by atoms with E-state index in [4.69, 9.17) is 9.52 Å². The van der Waals surface area contributed by atoms with Gasteiger partial charge in [-0.05, 0) is 24.6 Å². The molecule has 5 nitrogen and oxygen atoms in total. The van der Waals surface area contributed by atoms with Crippen LogP contribution in [-0.4, -0.2) is 18.2 Å². The second-order valence-electron chi connectivity index (χ2n) is 4.86. The van der Waals surface area contributed by atoms with Crippen LogP contribution < -0.4 is 5.63 Å². The Kier molecular flexibility index (Phi) is 7.75. The Morgan fingerprint density at radius 2 is 1.91 bits per heavy atom. The smallest absolute Gasteiger partial charge is 0.336 e. The number of phenols is 1. The van der Waals surface area contributed by atoms with Gasteiger partial charge >= 0.3 is 11.6 Å². The van der Waals surface area contributed by atoms with E-state index in [1.807, 2.05) is 0 Å². The predicted octanol–water partition coefficient (Wildman–Crippen LogP) is 3.63. The molecule has 0 fully saturated rings. The van der Waals surface area contributed by atoms with Gasteiger partial charge in [-0.15, -0.1) is 0 Å². The highest BCUT2D eigenvalue weighted by atomic mass is 16.5. The quantitative estimate of drug-likeness (QED) is 0.518. The zero-order valence-electron chi connectivity index (χ0n) is 13.0. The van der Waals surface area contributed by atoms with E-state index in [1.165, 1.54) is 32.1 Å². The standard InChI is InChI=1S/C9H6O3.C8H16O2/c10-7-3-1-6-2-4-9(11)12-8(6)5-7;1-3-4-5-6-7-8(9)10-2/h1-5,10H;3-7H2,1-2H3. The molecule has 0 aliphatic carbocycles. The van der Waals surface area contributed by atoms with Gasteiger partial charge < -0.3 is 14.3 Å². The summed E-state index contributed by atoms with van der Waals surface area (Å²) >= 11 is 0. The number of rotatable bonds is 5. The minimum Gasteiger partial charge on any atom is -0.508 e. The summed E-state index contributed by atoms with van der Waals surface area (Å²) in [5.41, 5.74) is -0.00407. The lowest BCUT2D eigenvalue weighted by Crippen LogP contribution is -1.98. The molecule has 0 bridgehead atoms. The van der Waals surface area contributed by atoms with Crippen molar-refractivity contribution in [3.05, 3.63) is 40.8 Å². The lowest BCUT2D eigenvalue weighted by Gasteiger charge is -1.97. The number of methoxy groups -OCH3 is 1. The van der Waals surface area contributed by atoms with Crippen molar-refractivity contribution >= 4 is 16.9 Å². The van der Waals surface area contributed by atoms with E-state index < -0.39 is 5.63 Å². The van der Waals surface area contributed by atoms with Crippen LogP contribution in [0.25, 0.3) is 11.0 Å². The number of unbranched alkanes of at least 4 members (excludes halogenated alkanes) is 3. The Morgan fingerprint density at radius 3 is 2.59 bits per heavy atom. The molecule has 1 heterocycles. The molecule has 22 heavy (non-hydrogen) atoms. The highest BCUT2D eigenvalue weighted by molar-refractivity contribution is 5.77. The van der Waals surface area contributed by atoms with Gasteiger partial charge in [0.25, 0.3) is 0 Å². The normalized spacial score (nSPS) is 9.91. The fourth-order valence-electron chi connectivity index (χ4n) is 1.85. The summed E-state index contributed by atoms with van der Waals surface area (Å²) < 4.78 is 9.32. The maximum absolute atomic E-state index is 10.7. The first kappa shape index (κ1) is 17.8. The molecule has 2 aromatic rings. The molecular formula is C17H22O5. The Labute approximate surface area is 129 Å². The second kappa shape index (κ2) is 9.60. The van der Waals surface area contributed by atoms with Crippen LogP contribution in [0.4, 0.5) is 0 Å². The average Bonchev–Trinajstić information content (AvgIpc) is 2.51. The number of phenolic OH excluding ortho intramolecular Hbond substituents is 1. The zero-order valence-corrected chi connectivity index (χ0v) is 13.0. The summed E-state index contributed by atoms with van der Waals surface area (Å²) in [4.78, 5) is 21.3. The molecule has 0 spiro atoms. The van der Waals surface area contributed by atoms with Crippen molar-refractivity contribution in [2.24, 2.45) is 0 Å². The van der Waals surface area contributed by atoms with Crippen LogP contribution in [0.2, 0.25) is 0 Å². The molecule has 1 aromatic heterocycles. The molecule has 0 saturated heterocycles. The first-order valence-corrected chi connectivity index (χ1v) is 7.36. The van der Waals surface area contributed by atoms with Crippen LogP contribution in [0.5, 0.6) is 5.75 Å². The number of hydrogen-bond donors (Lipinski definition) is 1. The van der Waals surface area contributed by atoms with Crippen LogP contribution in [0.1, 0.15) is 39.0 Å². The SMILES string of the molecule is CCCCCCC(=O)OC.O=c1ccc2ccc(O)cc2o1. The molecule has 2 rings (SSSR count). The van der Waals surface area contributed by atoms with Crippen LogP contribution in [-0.2, 0) is 9.53 Å². The Balaban J connectivity index is 0.000000225. The maximum Gasteiger partial charge on any atom is 0.336 e. The van der Waals surface area contributed by atoms with E-state index in [-0.39, 0.29) is 11.7 Å². The van der Waals surface area contributed by atoms with Crippen LogP contribution in [0, 0.1) is 0 Å². The van der Waals surface area contributed by atoms with Crippen molar-refractivity contribution in [1.29, 1.82) is 0 Å². The number of carbonyl (C=O) groups excluding carboxylic acids is 1. The molecule has 120 valence electrons. The van der Waals surface area contributed by atoms with Gasteiger partial charge in [-0.3, -0.25) is 4.79 Å². The van der Waals surface area contributed by atoms with Gasteiger partial charge in [0.05, 0.1) is 7.11 Å². The van der Waals surface area contributed by atoms with Crippen LogP contribution in [0.15, 0.2) is 39.5 Å². The molecule has 1 N–H and O–H groups in total. The maximum atomic E-state index is 10.7. The van der Waals surface area contributed by atoms with E-state index in [9.17, 15) is 9.59 Å². The third kappa shape index (κ3) is 6.43. The second-order valence-corrected chi connectivity index (χ2v) is 4.86. The van der Waals surface area contributed by atoms with E-state index in [0.717, 1.165) is 18.2 Å². The largest absolute Gasteiger partial charge is 0.508 e. The van der Waals surface area contributed by atoms with Crippen LogP contribution in [0.3, 0.4) is 0 Å². The highest BCUT2D eigenvalue weighted by Gasteiger charge is 1.97. The minimum atomic E-state index is -0.409. The summed E-state index contributed by atoms with van der Waals surface area (Å²) in [6.07, 6.45) is 5.13. The van der Waals surface area contributed by atoms with Crippen molar-refractivity contribution in [2.45, 2.75) is 39.0 Å². The highest BCUT2D eigenvalue weighted by Crippen LogP contribution is 2.17. The van der Waals surface area contributed by atoms with Gasteiger partial charge in [0.2, 0.25) is 0 Å². The molecule has 0 unspecified atom stereocenters. The van der Waals surface area contributed by atoms with E-state index in [1.54, 1.807) is 18.2 Å². The van der Waals surface area contributed by atoms with Gasteiger partial charge in [0, 0.05) is 23.9 Å². The zero-order chi connectivity index (χ0) is 16.4. The van der Waals surface area contributed by atoms with E-state index in [0.29, 0.717) is 12.0 Å². The molecule has 0 amide bonds. The van der Waals surface area contributed by atoms with Gasteiger partial charge in [0.1, 0.15) is 11.3 Å². The summed E-state index contributed by atoms with van der Waals surface area (Å²) in [6, 6.07) is 7.65. The number of hydrogen-bond acceptors (Lipinski definition) is 5. The Bertz CT molecular complexity index is 645. The molecule has 0 radical (unpaired) electrons. The Morgan fingerprint density at radius 1 is 1.18 bits per heavy atom. The number of carbonyl (C=O) groups is 1. The number of aromatic hydroxyl groups is 1. The first-order valence-electron chi connectivity index (χ1n) is 7.36. The number of fused-ring (bicyclic) bond motifs is 1. The van der Waals surface area contributed by atoms with Gasteiger partial charge in [0.15, 0.2) is 0 Å².